The van der Waals surface area contributed by atoms with E-state index in [1.54, 1.807) is 6.92 Å². The van der Waals surface area contributed by atoms with Crippen molar-refractivity contribution in [2.24, 2.45) is 5.92 Å². The largest absolute Gasteiger partial charge is 0.353 e. The minimum absolute atomic E-state index is 0.0491. The average Bonchev–Trinajstić information content (AvgIpc) is 2.49. The highest BCUT2D eigenvalue weighted by molar-refractivity contribution is 5.76. The van der Waals surface area contributed by atoms with Crippen LogP contribution < -0.4 is 10.9 Å². The molecule has 1 aliphatic carbocycles. The summed E-state index contributed by atoms with van der Waals surface area (Å²) in [4.78, 5) is 26.6. The smallest absolute Gasteiger partial charge is 0.266 e. The van der Waals surface area contributed by atoms with E-state index >= 15 is 0 Å². The van der Waals surface area contributed by atoms with Gasteiger partial charge in [-0.15, -0.1) is 0 Å². The van der Waals surface area contributed by atoms with Crippen LogP contribution in [0.4, 0.5) is 0 Å². The fourth-order valence-corrected chi connectivity index (χ4v) is 3.36. The van der Waals surface area contributed by atoms with Crippen LogP contribution >= 0.6 is 0 Å². The fraction of sp³-hybridized carbons (Fsp3) is 0.611. The van der Waals surface area contributed by atoms with Gasteiger partial charge in [0.2, 0.25) is 5.91 Å². The number of nitrogens with one attached hydrogen (secondary N) is 2. The van der Waals surface area contributed by atoms with Gasteiger partial charge in [0, 0.05) is 18.2 Å². The second kappa shape index (κ2) is 7.45. The first-order chi connectivity index (χ1) is 10.9. The standard InChI is InChI=1S/C18H25N3O2/c1-11-4-6-14(7-5-11)21-17(22)9-8-15-12(2)16(10-19)18(23)20-13(15)3/h11,14H,4-9H2,1-3H3,(H,20,23)(H,21,22). The Kier molecular flexibility index (Phi) is 5.59. The highest BCUT2D eigenvalue weighted by Crippen LogP contribution is 2.23. The molecule has 0 saturated heterocycles. The van der Waals surface area contributed by atoms with Crippen molar-refractivity contribution in [1.82, 2.24) is 10.3 Å². The molecule has 0 spiro atoms. The van der Waals surface area contributed by atoms with Crippen LogP contribution in [0, 0.1) is 31.1 Å². The number of rotatable bonds is 4. The second-order valence-corrected chi connectivity index (χ2v) is 6.69. The molecule has 124 valence electrons. The Morgan fingerprint density at radius 2 is 1.96 bits per heavy atom. The first-order valence-electron chi connectivity index (χ1n) is 8.34. The lowest BCUT2D eigenvalue weighted by Gasteiger charge is -2.27. The number of amides is 1. The van der Waals surface area contributed by atoms with Gasteiger partial charge in [0.1, 0.15) is 11.6 Å². The first kappa shape index (κ1) is 17.3. The summed E-state index contributed by atoms with van der Waals surface area (Å²) < 4.78 is 0. The van der Waals surface area contributed by atoms with Crippen LogP contribution in [-0.2, 0) is 11.2 Å². The minimum atomic E-state index is -0.355. The van der Waals surface area contributed by atoms with Crippen molar-refractivity contribution in [1.29, 1.82) is 5.26 Å². The van der Waals surface area contributed by atoms with Crippen LogP contribution in [0.2, 0.25) is 0 Å². The molecule has 23 heavy (non-hydrogen) atoms. The maximum atomic E-state index is 12.2. The molecule has 0 aromatic carbocycles. The quantitative estimate of drug-likeness (QED) is 0.895. The van der Waals surface area contributed by atoms with Crippen molar-refractivity contribution in [3.8, 4) is 6.07 Å². The monoisotopic (exact) mass is 315 g/mol. The van der Waals surface area contributed by atoms with E-state index in [-0.39, 0.29) is 17.0 Å². The summed E-state index contributed by atoms with van der Waals surface area (Å²) in [5.74, 6) is 0.812. The van der Waals surface area contributed by atoms with E-state index < -0.39 is 0 Å². The van der Waals surface area contributed by atoms with Crippen molar-refractivity contribution >= 4 is 5.91 Å². The molecule has 2 N–H and O–H groups in total. The molecule has 1 aliphatic rings. The van der Waals surface area contributed by atoms with E-state index in [1.807, 2.05) is 13.0 Å². The summed E-state index contributed by atoms with van der Waals surface area (Å²) >= 11 is 0. The first-order valence-corrected chi connectivity index (χ1v) is 8.34. The Morgan fingerprint density at radius 3 is 2.57 bits per heavy atom. The predicted octanol–water partition coefficient (Wildman–Crippen LogP) is 2.49. The van der Waals surface area contributed by atoms with Gasteiger partial charge in [0.15, 0.2) is 0 Å². The number of aromatic nitrogens is 1. The molecule has 0 radical (unpaired) electrons. The van der Waals surface area contributed by atoms with E-state index in [0.29, 0.717) is 24.4 Å². The number of pyridine rings is 1. The van der Waals surface area contributed by atoms with Gasteiger partial charge in [-0.2, -0.15) is 5.26 Å². The topological polar surface area (TPSA) is 85.8 Å². The maximum absolute atomic E-state index is 12.2. The second-order valence-electron chi connectivity index (χ2n) is 6.69. The zero-order valence-electron chi connectivity index (χ0n) is 14.2. The molecule has 5 nitrogen and oxygen atoms in total. The minimum Gasteiger partial charge on any atom is -0.353 e. The summed E-state index contributed by atoms with van der Waals surface area (Å²) in [6, 6.07) is 2.24. The number of aromatic amines is 1. The van der Waals surface area contributed by atoms with Crippen molar-refractivity contribution in [2.45, 2.75) is 65.3 Å². The lowest BCUT2D eigenvalue weighted by molar-refractivity contribution is -0.122. The number of hydrogen-bond donors (Lipinski definition) is 2. The van der Waals surface area contributed by atoms with Gasteiger partial charge < -0.3 is 10.3 Å². The third kappa shape index (κ3) is 4.22. The van der Waals surface area contributed by atoms with Gasteiger partial charge in [0.05, 0.1) is 0 Å². The van der Waals surface area contributed by atoms with Crippen LogP contribution in [0.15, 0.2) is 4.79 Å². The van der Waals surface area contributed by atoms with E-state index in [1.165, 1.54) is 12.8 Å². The summed E-state index contributed by atoms with van der Waals surface area (Å²) in [7, 11) is 0. The molecule has 5 heteroatoms. The molecule has 1 heterocycles. The van der Waals surface area contributed by atoms with Gasteiger partial charge in [-0.3, -0.25) is 9.59 Å². The highest BCUT2D eigenvalue weighted by Gasteiger charge is 2.20. The van der Waals surface area contributed by atoms with Crippen molar-refractivity contribution in [3.63, 3.8) is 0 Å². The summed E-state index contributed by atoms with van der Waals surface area (Å²) in [6.07, 6.45) is 5.39. The predicted molar refractivity (Wildman–Crippen MR) is 89.1 cm³/mol. The Labute approximate surface area is 137 Å². The molecular weight excluding hydrogens is 290 g/mol. The molecule has 1 aromatic heterocycles. The highest BCUT2D eigenvalue weighted by atomic mass is 16.1. The zero-order valence-corrected chi connectivity index (χ0v) is 14.2. The van der Waals surface area contributed by atoms with Crippen molar-refractivity contribution in [3.05, 3.63) is 32.7 Å². The molecule has 0 aliphatic heterocycles. The van der Waals surface area contributed by atoms with Gasteiger partial charge in [-0.05, 0) is 63.0 Å². The normalized spacial score (nSPS) is 20.8. The molecule has 1 amide bonds. The van der Waals surface area contributed by atoms with Crippen LogP contribution in [0.5, 0.6) is 0 Å². The number of hydrogen-bond acceptors (Lipinski definition) is 3. The van der Waals surface area contributed by atoms with Crippen LogP contribution in [-0.4, -0.2) is 16.9 Å². The van der Waals surface area contributed by atoms with Gasteiger partial charge in [-0.25, -0.2) is 0 Å². The number of carbonyl (C=O) groups excluding carboxylic acids is 1. The lowest BCUT2D eigenvalue weighted by Crippen LogP contribution is -2.37. The molecule has 0 unspecified atom stereocenters. The van der Waals surface area contributed by atoms with Crippen LogP contribution in [0.1, 0.15) is 61.4 Å². The molecule has 1 fully saturated rings. The third-order valence-electron chi connectivity index (χ3n) is 4.90. The Morgan fingerprint density at radius 1 is 1.30 bits per heavy atom. The van der Waals surface area contributed by atoms with E-state index in [2.05, 4.69) is 17.2 Å². The number of H-pyrrole nitrogens is 1. The maximum Gasteiger partial charge on any atom is 0.266 e. The lowest BCUT2D eigenvalue weighted by atomic mass is 9.87. The molecule has 1 saturated carbocycles. The number of carbonyl (C=O) groups is 1. The van der Waals surface area contributed by atoms with Gasteiger partial charge >= 0.3 is 0 Å². The van der Waals surface area contributed by atoms with Crippen LogP contribution in [0.3, 0.4) is 0 Å². The van der Waals surface area contributed by atoms with E-state index in [9.17, 15) is 9.59 Å². The Hall–Kier alpha value is -2.09. The SMILES string of the molecule is Cc1[nH]c(=O)c(C#N)c(C)c1CCC(=O)NC1CCC(C)CC1. The molecule has 1 aromatic rings. The van der Waals surface area contributed by atoms with Crippen molar-refractivity contribution < 1.29 is 4.79 Å². The van der Waals surface area contributed by atoms with Gasteiger partial charge in [0.25, 0.3) is 5.56 Å². The average molecular weight is 315 g/mol. The van der Waals surface area contributed by atoms with Crippen LogP contribution in [0.25, 0.3) is 0 Å². The van der Waals surface area contributed by atoms with E-state index in [0.717, 1.165) is 30.0 Å². The number of aryl methyl sites for hydroxylation is 1. The van der Waals surface area contributed by atoms with E-state index in [4.69, 9.17) is 5.26 Å². The summed E-state index contributed by atoms with van der Waals surface area (Å²) in [5.41, 5.74) is 2.12. The van der Waals surface area contributed by atoms with Crippen molar-refractivity contribution in [2.75, 3.05) is 0 Å². The summed E-state index contributed by atoms with van der Waals surface area (Å²) in [6.45, 7) is 5.84. The van der Waals surface area contributed by atoms with Gasteiger partial charge in [-0.1, -0.05) is 6.92 Å². The fourth-order valence-electron chi connectivity index (χ4n) is 3.36. The number of nitriles is 1. The molecular formula is C18H25N3O2. The Bertz CT molecular complexity index is 677. The molecule has 0 bridgehead atoms. The summed E-state index contributed by atoms with van der Waals surface area (Å²) in [5, 5.41) is 12.2. The molecule has 0 atom stereocenters. The molecule has 2 rings (SSSR count). The number of nitrogens with zero attached hydrogens (tertiary/aromatic N) is 1. The Balaban J connectivity index is 1.97. The zero-order chi connectivity index (χ0) is 17.0. The third-order valence-corrected chi connectivity index (χ3v) is 4.90.